The third-order valence-corrected chi connectivity index (χ3v) is 2.86. The smallest absolute Gasteiger partial charge is 0.125 e. The minimum Gasteiger partial charge on any atom is -0.384 e. The number of aliphatic hydroxyl groups excluding tert-OH is 1. The molecule has 0 amide bonds. The number of aromatic nitrogens is 2. The lowest BCUT2D eigenvalue weighted by Crippen LogP contribution is -2.45. The van der Waals surface area contributed by atoms with E-state index in [9.17, 15) is 5.11 Å². The van der Waals surface area contributed by atoms with Gasteiger partial charge in [0.05, 0.1) is 18.5 Å². The highest BCUT2D eigenvalue weighted by Crippen LogP contribution is 2.19. The summed E-state index contributed by atoms with van der Waals surface area (Å²) in [5.74, 6) is 0. The maximum Gasteiger partial charge on any atom is 0.125 e. The largest absolute Gasteiger partial charge is 0.384 e. The number of hydrogen-bond acceptors (Lipinski definition) is 5. The Morgan fingerprint density at radius 2 is 2.50 bits per heavy atom. The highest BCUT2D eigenvalue weighted by molar-refractivity contribution is 5.02. The SMILES string of the molecule is CCN1CCOC(C(O)c2cnccn2)C1. The quantitative estimate of drug-likeness (QED) is 0.795. The van der Waals surface area contributed by atoms with Crippen LogP contribution in [0.25, 0.3) is 0 Å². The lowest BCUT2D eigenvalue weighted by atomic mass is 10.1. The van der Waals surface area contributed by atoms with E-state index >= 15 is 0 Å². The number of ether oxygens (including phenoxy) is 1. The monoisotopic (exact) mass is 223 g/mol. The zero-order chi connectivity index (χ0) is 11.4. The van der Waals surface area contributed by atoms with Gasteiger partial charge in [0, 0.05) is 25.5 Å². The molecule has 1 aliphatic heterocycles. The van der Waals surface area contributed by atoms with E-state index in [-0.39, 0.29) is 6.10 Å². The van der Waals surface area contributed by atoms with Gasteiger partial charge in [-0.1, -0.05) is 6.92 Å². The van der Waals surface area contributed by atoms with Crippen molar-refractivity contribution in [3.8, 4) is 0 Å². The molecule has 0 aromatic carbocycles. The van der Waals surface area contributed by atoms with Gasteiger partial charge in [0.1, 0.15) is 12.2 Å². The van der Waals surface area contributed by atoms with E-state index in [1.807, 2.05) is 0 Å². The molecule has 1 fully saturated rings. The van der Waals surface area contributed by atoms with E-state index in [4.69, 9.17) is 4.74 Å². The Kier molecular flexibility index (Phi) is 3.82. The molecule has 2 atom stereocenters. The molecule has 1 aliphatic rings. The van der Waals surface area contributed by atoms with Crippen LogP contribution in [0.2, 0.25) is 0 Å². The Balaban J connectivity index is 2.01. The predicted molar refractivity (Wildman–Crippen MR) is 58.8 cm³/mol. The molecule has 0 aliphatic carbocycles. The Morgan fingerprint density at radius 3 is 3.19 bits per heavy atom. The molecule has 0 saturated carbocycles. The molecule has 1 aromatic rings. The van der Waals surface area contributed by atoms with Crippen LogP contribution in [0.4, 0.5) is 0 Å². The number of morpholine rings is 1. The van der Waals surface area contributed by atoms with Gasteiger partial charge in [-0.15, -0.1) is 0 Å². The van der Waals surface area contributed by atoms with Gasteiger partial charge < -0.3 is 9.84 Å². The molecule has 2 rings (SSSR count). The van der Waals surface area contributed by atoms with Crippen LogP contribution in [0.5, 0.6) is 0 Å². The Hall–Kier alpha value is -1.04. The van der Waals surface area contributed by atoms with Crippen LogP contribution >= 0.6 is 0 Å². The highest BCUT2D eigenvalue weighted by atomic mass is 16.5. The molecular weight excluding hydrogens is 206 g/mol. The molecule has 1 aromatic heterocycles. The first-order chi connectivity index (χ1) is 7.81. The second kappa shape index (κ2) is 5.34. The molecule has 1 N–H and O–H groups in total. The van der Waals surface area contributed by atoms with Crippen molar-refractivity contribution in [3.05, 3.63) is 24.3 Å². The Labute approximate surface area is 95.1 Å². The number of nitrogens with zero attached hydrogens (tertiary/aromatic N) is 3. The van der Waals surface area contributed by atoms with Crippen molar-refractivity contribution in [1.82, 2.24) is 14.9 Å². The van der Waals surface area contributed by atoms with Crippen molar-refractivity contribution >= 4 is 0 Å². The first kappa shape index (κ1) is 11.4. The van der Waals surface area contributed by atoms with E-state index in [0.29, 0.717) is 12.3 Å². The summed E-state index contributed by atoms with van der Waals surface area (Å²) in [5, 5.41) is 10.1. The molecule has 2 unspecified atom stereocenters. The van der Waals surface area contributed by atoms with Crippen LogP contribution in [0.1, 0.15) is 18.7 Å². The van der Waals surface area contributed by atoms with Crippen molar-refractivity contribution in [2.24, 2.45) is 0 Å². The third kappa shape index (κ3) is 2.55. The lowest BCUT2D eigenvalue weighted by Gasteiger charge is -2.34. The standard InChI is InChI=1S/C11H17N3O2/c1-2-14-5-6-16-10(8-14)11(15)9-7-12-3-4-13-9/h3-4,7,10-11,15H,2,5-6,8H2,1H3. The zero-order valence-corrected chi connectivity index (χ0v) is 9.41. The summed E-state index contributed by atoms with van der Waals surface area (Å²) >= 11 is 0. The van der Waals surface area contributed by atoms with Crippen LogP contribution in [0.15, 0.2) is 18.6 Å². The fraction of sp³-hybridized carbons (Fsp3) is 0.636. The van der Waals surface area contributed by atoms with Crippen LogP contribution < -0.4 is 0 Å². The maximum absolute atomic E-state index is 10.1. The van der Waals surface area contributed by atoms with Gasteiger partial charge in [-0.3, -0.25) is 14.9 Å². The summed E-state index contributed by atoms with van der Waals surface area (Å²) in [6.07, 6.45) is 3.86. The molecule has 88 valence electrons. The van der Waals surface area contributed by atoms with Crippen molar-refractivity contribution in [3.63, 3.8) is 0 Å². The van der Waals surface area contributed by atoms with Crippen molar-refractivity contribution in [1.29, 1.82) is 0 Å². The first-order valence-electron chi connectivity index (χ1n) is 5.59. The average molecular weight is 223 g/mol. The Morgan fingerprint density at radius 1 is 1.62 bits per heavy atom. The van der Waals surface area contributed by atoms with Crippen LogP contribution in [0.3, 0.4) is 0 Å². The number of aliphatic hydroxyl groups is 1. The summed E-state index contributed by atoms with van der Waals surface area (Å²) < 4.78 is 5.57. The van der Waals surface area contributed by atoms with Gasteiger partial charge in [-0.2, -0.15) is 0 Å². The summed E-state index contributed by atoms with van der Waals surface area (Å²) in [4.78, 5) is 10.3. The molecule has 5 nitrogen and oxygen atoms in total. The topological polar surface area (TPSA) is 58.5 Å². The van der Waals surface area contributed by atoms with Gasteiger partial charge in [0.15, 0.2) is 0 Å². The molecule has 0 spiro atoms. The zero-order valence-electron chi connectivity index (χ0n) is 9.41. The number of rotatable bonds is 3. The average Bonchev–Trinajstić information content (AvgIpc) is 2.39. The first-order valence-corrected chi connectivity index (χ1v) is 5.59. The molecule has 1 saturated heterocycles. The van der Waals surface area contributed by atoms with Crippen molar-refractivity contribution in [2.45, 2.75) is 19.1 Å². The van der Waals surface area contributed by atoms with E-state index in [1.54, 1.807) is 18.6 Å². The minimum absolute atomic E-state index is 0.203. The van der Waals surface area contributed by atoms with Crippen LogP contribution in [-0.2, 0) is 4.74 Å². The predicted octanol–water partition coefficient (Wildman–Crippen LogP) is 0.231. The molecular formula is C11H17N3O2. The lowest BCUT2D eigenvalue weighted by molar-refractivity contribution is -0.0901. The van der Waals surface area contributed by atoms with Crippen LogP contribution in [-0.4, -0.2) is 52.3 Å². The van der Waals surface area contributed by atoms with Gasteiger partial charge >= 0.3 is 0 Å². The normalized spacial score (nSPS) is 24.2. The number of hydrogen-bond donors (Lipinski definition) is 1. The fourth-order valence-electron chi connectivity index (χ4n) is 1.86. The van der Waals surface area contributed by atoms with E-state index < -0.39 is 6.10 Å². The van der Waals surface area contributed by atoms with Gasteiger partial charge in [-0.25, -0.2) is 0 Å². The van der Waals surface area contributed by atoms with E-state index in [2.05, 4.69) is 21.8 Å². The number of likely N-dealkylation sites (N-methyl/N-ethyl adjacent to an activating group) is 1. The Bertz CT molecular complexity index is 320. The molecule has 2 heterocycles. The molecule has 16 heavy (non-hydrogen) atoms. The highest BCUT2D eigenvalue weighted by Gasteiger charge is 2.28. The van der Waals surface area contributed by atoms with Gasteiger partial charge in [0.2, 0.25) is 0 Å². The van der Waals surface area contributed by atoms with E-state index in [1.165, 1.54) is 0 Å². The third-order valence-electron chi connectivity index (χ3n) is 2.86. The van der Waals surface area contributed by atoms with Crippen molar-refractivity contribution < 1.29 is 9.84 Å². The van der Waals surface area contributed by atoms with Crippen molar-refractivity contribution in [2.75, 3.05) is 26.2 Å². The molecule has 5 heteroatoms. The summed E-state index contributed by atoms with van der Waals surface area (Å²) in [7, 11) is 0. The molecule has 0 bridgehead atoms. The van der Waals surface area contributed by atoms with Gasteiger partial charge in [-0.05, 0) is 6.54 Å². The molecule has 0 radical (unpaired) electrons. The summed E-state index contributed by atoms with van der Waals surface area (Å²) in [5.41, 5.74) is 0.574. The maximum atomic E-state index is 10.1. The fourth-order valence-corrected chi connectivity index (χ4v) is 1.86. The summed E-state index contributed by atoms with van der Waals surface area (Å²) in [6, 6.07) is 0. The van der Waals surface area contributed by atoms with Crippen LogP contribution in [0, 0.1) is 0 Å². The van der Waals surface area contributed by atoms with Gasteiger partial charge in [0.25, 0.3) is 0 Å². The summed E-state index contributed by atoms with van der Waals surface area (Å²) in [6.45, 7) is 5.42. The van der Waals surface area contributed by atoms with E-state index in [0.717, 1.165) is 19.6 Å². The second-order valence-electron chi connectivity index (χ2n) is 3.88. The minimum atomic E-state index is -0.692. The second-order valence-corrected chi connectivity index (χ2v) is 3.88.